The molecule has 1 amide bonds. The first-order valence-corrected chi connectivity index (χ1v) is 7.25. The Morgan fingerprint density at radius 1 is 1.05 bits per heavy atom. The van der Waals surface area contributed by atoms with Crippen molar-refractivity contribution in [2.24, 2.45) is 0 Å². The van der Waals surface area contributed by atoms with Gasteiger partial charge in [0.1, 0.15) is 5.69 Å². The molecule has 0 bridgehead atoms. The molecule has 0 aliphatic carbocycles. The number of aromatic nitrogens is 2. The summed E-state index contributed by atoms with van der Waals surface area (Å²) in [6, 6.07) is 7.96. The van der Waals surface area contributed by atoms with Gasteiger partial charge in [0.2, 0.25) is 0 Å². The van der Waals surface area contributed by atoms with E-state index in [-0.39, 0.29) is 5.91 Å². The molecule has 1 aliphatic rings. The van der Waals surface area contributed by atoms with Crippen molar-refractivity contribution in [3.63, 3.8) is 0 Å². The van der Waals surface area contributed by atoms with Gasteiger partial charge in [-0.25, -0.2) is 4.98 Å². The first-order valence-electron chi connectivity index (χ1n) is 7.25. The van der Waals surface area contributed by atoms with Crippen LogP contribution in [0.5, 0.6) is 0 Å². The molecule has 0 atom stereocenters. The predicted molar refractivity (Wildman–Crippen MR) is 82.5 cm³/mol. The lowest BCUT2D eigenvalue weighted by atomic mass is 10.1. The zero-order chi connectivity index (χ0) is 14.5. The van der Waals surface area contributed by atoms with Gasteiger partial charge in [0.25, 0.3) is 5.91 Å². The van der Waals surface area contributed by atoms with Crippen LogP contribution in [-0.2, 0) is 0 Å². The van der Waals surface area contributed by atoms with Crippen molar-refractivity contribution in [3.05, 3.63) is 48.5 Å². The second kappa shape index (κ2) is 6.35. The number of hydrogen-bond acceptors (Lipinski definition) is 4. The monoisotopic (exact) mass is 282 g/mol. The van der Waals surface area contributed by atoms with E-state index in [0.717, 1.165) is 18.8 Å². The Labute approximate surface area is 124 Å². The lowest BCUT2D eigenvalue weighted by Crippen LogP contribution is -2.29. The number of anilines is 2. The van der Waals surface area contributed by atoms with Crippen molar-refractivity contribution in [3.8, 4) is 0 Å². The van der Waals surface area contributed by atoms with Gasteiger partial charge in [-0.2, -0.15) is 0 Å². The van der Waals surface area contributed by atoms with Crippen LogP contribution in [0.25, 0.3) is 0 Å². The van der Waals surface area contributed by atoms with Crippen LogP contribution in [0, 0.1) is 0 Å². The summed E-state index contributed by atoms with van der Waals surface area (Å²) in [5.41, 5.74) is 2.30. The van der Waals surface area contributed by atoms with Gasteiger partial charge >= 0.3 is 0 Å². The summed E-state index contributed by atoms with van der Waals surface area (Å²) in [6.45, 7) is 2.23. The van der Waals surface area contributed by atoms with Crippen LogP contribution in [-0.4, -0.2) is 29.0 Å². The number of carbonyl (C=O) groups excluding carboxylic acids is 1. The highest BCUT2D eigenvalue weighted by Crippen LogP contribution is 2.21. The average Bonchev–Trinajstić information content (AvgIpc) is 2.57. The van der Waals surface area contributed by atoms with Gasteiger partial charge in [-0.3, -0.25) is 9.78 Å². The second-order valence-corrected chi connectivity index (χ2v) is 5.14. The molecule has 5 heteroatoms. The van der Waals surface area contributed by atoms with Crippen LogP contribution in [0.15, 0.2) is 42.9 Å². The molecule has 2 aromatic rings. The molecular weight excluding hydrogens is 264 g/mol. The van der Waals surface area contributed by atoms with Crippen LogP contribution >= 0.6 is 0 Å². The van der Waals surface area contributed by atoms with E-state index in [9.17, 15) is 4.79 Å². The molecule has 21 heavy (non-hydrogen) atoms. The number of hydrogen-bond donors (Lipinski definition) is 1. The fourth-order valence-corrected chi connectivity index (χ4v) is 2.52. The third-order valence-corrected chi connectivity index (χ3v) is 3.64. The minimum Gasteiger partial charge on any atom is -0.372 e. The molecule has 0 unspecified atom stereocenters. The summed E-state index contributed by atoms with van der Waals surface area (Å²) in [5, 5.41) is 2.83. The molecule has 0 saturated carbocycles. The van der Waals surface area contributed by atoms with Gasteiger partial charge in [-0.1, -0.05) is 0 Å². The Morgan fingerprint density at radius 3 is 2.48 bits per heavy atom. The molecule has 3 rings (SSSR count). The van der Waals surface area contributed by atoms with E-state index in [2.05, 4.69) is 32.3 Å². The number of benzene rings is 1. The molecule has 1 N–H and O–H groups in total. The highest BCUT2D eigenvalue weighted by molar-refractivity contribution is 6.02. The van der Waals surface area contributed by atoms with Crippen LogP contribution in [0.3, 0.4) is 0 Å². The quantitative estimate of drug-likeness (QED) is 0.940. The molecule has 0 spiro atoms. The molecule has 1 saturated heterocycles. The van der Waals surface area contributed by atoms with Gasteiger partial charge in [0.05, 0.1) is 6.20 Å². The van der Waals surface area contributed by atoms with Crippen molar-refractivity contribution in [1.29, 1.82) is 0 Å². The standard InChI is InChI=1S/C16H18N4O/c21-16(15-12-17-8-9-18-15)19-13-4-6-14(7-5-13)20-10-2-1-3-11-20/h4-9,12H,1-3,10-11H2,(H,19,21). The Kier molecular flexibility index (Phi) is 4.09. The summed E-state index contributed by atoms with van der Waals surface area (Å²) in [7, 11) is 0. The first-order chi connectivity index (χ1) is 10.3. The van der Waals surface area contributed by atoms with Gasteiger partial charge in [0, 0.05) is 36.9 Å². The minimum atomic E-state index is -0.242. The Bertz CT molecular complexity index is 591. The molecule has 1 aromatic carbocycles. The molecule has 0 radical (unpaired) electrons. The number of nitrogens with one attached hydrogen (secondary N) is 1. The normalized spacial score (nSPS) is 14.8. The highest BCUT2D eigenvalue weighted by atomic mass is 16.1. The molecule has 1 aromatic heterocycles. The number of rotatable bonds is 3. The number of amides is 1. The van der Waals surface area contributed by atoms with E-state index < -0.39 is 0 Å². The predicted octanol–water partition coefficient (Wildman–Crippen LogP) is 2.72. The largest absolute Gasteiger partial charge is 0.372 e. The number of nitrogens with zero attached hydrogens (tertiary/aromatic N) is 3. The number of piperidine rings is 1. The van der Waals surface area contributed by atoms with E-state index in [1.165, 1.54) is 37.3 Å². The molecule has 1 aliphatic heterocycles. The van der Waals surface area contributed by atoms with Gasteiger partial charge in [-0.05, 0) is 43.5 Å². The Balaban J connectivity index is 1.65. The van der Waals surface area contributed by atoms with Crippen molar-refractivity contribution in [1.82, 2.24) is 9.97 Å². The Morgan fingerprint density at radius 2 is 1.81 bits per heavy atom. The van der Waals surface area contributed by atoms with Gasteiger partial charge in [0.15, 0.2) is 0 Å². The van der Waals surface area contributed by atoms with E-state index in [0.29, 0.717) is 5.69 Å². The molecule has 5 nitrogen and oxygen atoms in total. The van der Waals surface area contributed by atoms with E-state index in [1.54, 1.807) is 6.20 Å². The average molecular weight is 282 g/mol. The fourth-order valence-electron chi connectivity index (χ4n) is 2.52. The van der Waals surface area contributed by atoms with Crippen molar-refractivity contribution in [2.45, 2.75) is 19.3 Å². The third kappa shape index (κ3) is 3.37. The summed E-state index contributed by atoms with van der Waals surface area (Å²) in [4.78, 5) is 22.2. The molecule has 2 heterocycles. The maximum Gasteiger partial charge on any atom is 0.275 e. The minimum absolute atomic E-state index is 0.242. The van der Waals surface area contributed by atoms with Crippen LogP contribution in [0.4, 0.5) is 11.4 Å². The highest BCUT2D eigenvalue weighted by Gasteiger charge is 2.11. The summed E-state index contributed by atoms with van der Waals surface area (Å²) in [6.07, 6.45) is 8.34. The SMILES string of the molecule is O=C(Nc1ccc(N2CCCCC2)cc1)c1cnccn1. The molecular formula is C16H18N4O. The second-order valence-electron chi connectivity index (χ2n) is 5.14. The van der Waals surface area contributed by atoms with Gasteiger partial charge < -0.3 is 10.2 Å². The zero-order valence-electron chi connectivity index (χ0n) is 11.8. The lowest BCUT2D eigenvalue weighted by molar-refractivity contribution is 0.102. The maximum atomic E-state index is 12.0. The topological polar surface area (TPSA) is 58.1 Å². The lowest BCUT2D eigenvalue weighted by Gasteiger charge is -2.28. The summed E-state index contributed by atoms with van der Waals surface area (Å²) < 4.78 is 0. The molecule has 1 fully saturated rings. The van der Waals surface area contributed by atoms with Crippen molar-refractivity contribution >= 4 is 17.3 Å². The molecule has 108 valence electrons. The Hall–Kier alpha value is -2.43. The van der Waals surface area contributed by atoms with Crippen molar-refractivity contribution in [2.75, 3.05) is 23.3 Å². The number of carbonyl (C=O) groups is 1. The third-order valence-electron chi connectivity index (χ3n) is 3.64. The fraction of sp³-hybridized carbons (Fsp3) is 0.312. The summed E-state index contributed by atoms with van der Waals surface area (Å²) >= 11 is 0. The van der Waals surface area contributed by atoms with Crippen LogP contribution < -0.4 is 10.2 Å². The first kappa shape index (κ1) is 13.5. The van der Waals surface area contributed by atoms with E-state index in [1.807, 2.05) is 12.1 Å². The van der Waals surface area contributed by atoms with Crippen LogP contribution in [0.1, 0.15) is 29.8 Å². The zero-order valence-corrected chi connectivity index (χ0v) is 11.8. The van der Waals surface area contributed by atoms with Crippen molar-refractivity contribution < 1.29 is 4.79 Å². The van der Waals surface area contributed by atoms with E-state index >= 15 is 0 Å². The summed E-state index contributed by atoms with van der Waals surface area (Å²) in [5.74, 6) is -0.242. The maximum absolute atomic E-state index is 12.0. The van der Waals surface area contributed by atoms with Crippen LogP contribution in [0.2, 0.25) is 0 Å². The van der Waals surface area contributed by atoms with Gasteiger partial charge in [-0.15, -0.1) is 0 Å². The smallest absolute Gasteiger partial charge is 0.275 e. The van der Waals surface area contributed by atoms with E-state index in [4.69, 9.17) is 0 Å².